The van der Waals surface area contributed by atoms with E-state index in [1.165, 1.54) is 154 Å². The molecule has 14 heteroatoms. The first-order chi connectivity index (χ1) is 33.1. The number of rotatable bonds is 43. The third-order valence-corrected chi connectivity index (χ3v) is 13.6. The van der Waals surface area contributed by atoms with Crippen LogP contribution >= 0.6 is 0 Å². The smallest absolute Gasteiger partial charge is 0.220 e. The van der Waals surface area contributed by atoms with Gasteiger partial charge in [-0.2, -0.15) is 0 Å². The van der Waals surface area contributed by atoms with Crippen molar-refractivity contribution in [2.75, 3.05) is 19.8 Å². The van der Waals surface area contributed by atoms with Gasteiger partial charge in [-0.25, -0.2) is 0 Å². The highest BCUT2D eigenvalue weighted by Gasteiger charge is 2.51. The summed E-state index contributed by atoms with van der Waals surface area (Å²) >= 11 is 0. The monoisotopic (exact) mass is 972 g/mol. The van der Waals surface area contributed by atoms with Crippen molar-refractivity contribution in [1.82, 2.24) is 5.32 Å². The van der Waals surface area contributed by atoms with Crippen LogP contribution in [-0.4, -0.2) is 140 Å². The van der Waals surface area contributed by atoms with Crippen LogP contribution in [0.3, 0.4) is 0 Å². The third-order valence-electron chi connectivity index (χ3n) is 13.6. The zero-order chi connectivity index (χ0) is 49.6. The molecule has 0 saturated carbocycles. The van der Waals surface area contributed by atoms with Gasteiger partial charge in [-0.3, -0.25) is 4.79 Å². The fraction of sp³-hybridized carbons (Fsp3) is 0.907. The zero-order valence-corrected chi connectivity index (χ0v) is 42.6. The van der Waals surface area contributed by atoms with E-state index >= 15 is 0 Å². The van der Waals surface area contributed by atoms with E-state index in [0.717, 1.165) is 32.1 Å². The Bertz CT molecular complexity index is 1240. The van der Waals surface area contributed by atoms with Crippen LogP contribution in [0.25, 0.3) is 0 Å². The second kappa shape index (κ2) is 41.0. The molecule has 1 amide bonds. The number of allylic oxidation sites excluding steroid dienone is 3. The van der Waals surface area contributed by atoms with Gasteiger partial charge in [0.2, 0.25) is 5.91 Å². The number of amides is 1. The third kappa shape index (κ3) is 27.3. The molecule has 2 heterocycles. The van der Waals surface area contributed by atoms with Crippen LogP contribution < -0.4 is 5.32 Å². The minimum Gasteiger partial charge on any atom is -0.394 e. The van der Waals surface area contributed by atoms with Crippen molar-refractivity contribution in [1.29, 1.82) is 0 Å². The Hall–Kier alpha value is -1.53. The Morgan fingerprint density at radius 2 is 0.941 bits per heavy atom. The van der Waals surface area contributed by atoms with E-state index in [9.17, 15) is 45.6 Å². The van der Waals surface area contributed by atoms with Crippen LogP contribution in [0.2, 0.25) is 0 Å². The summed E-state index contributed by atoms with van der Waals surface area (Å²) in [7, 11) is 0. The maximum Gasteiger partial charge on any atom is 0.220 e. The van der Waals surface area contributed by atoms with Gasteiger partial charge in [0.05, 0.1) is 32.0 Å². The van der Waals surface area contributed by atoms with E-state index in [1.54, 1.807) is 6.08 Å². The van der Waals surface area contributed by atoms with Crippen LogP contribution in [0.1, 0.15) is 219 Å². The number of unbranched alkanes of at least 4 members (excludes halogenated alkanes) is 28. The van der Waals surface area contributed by atoms with Crippen molar-refractivity contribution in [2.45, 2.75) is 293 Å². The molecule has 2 saturated heterocycles. The molecule has 14 nitrogen and oxygen atoms in total. The Morgan fingerprint density at radius 3 is 1.44 bits per heavy atom. The summed E-state index contributed by atoms with van der Waals surface area (Å²) in [5.74, 6) is -0.253. The topological polar surface area (TPSA) is 228 Å². The van der Waals surface area contributed by atoms with Crippen LogP contribution in [0.15, 0.2) is 24.3 Å². The molecule has 0 aromatic heterocycles. The summed E-state index contributed by atoms with van der Waals surface area (Å²) in [6.45, 7) is 2.74. The van der Waals surface area contributed by atoms with Gasteiger partial charge in [0, 0.05) is 6.42 Å². The molecule has 2 aliphatic heterocycles. The zero-order valence-electron chi connectivity index (χ0n) is 42.6. The number of hydrogen-bond acceptors (Lipinski definition) is 13. The lowest BCUT2D eigenvalue weighted by atomic mass is 9.97. The highest BCUT2D eigenvalue weighted by molar-refractivity contribution is 5.76. The van der Waals surface area contributed by atoms with E-state index in [2.05, 4.69) is 31.3 Å². The molecule has 400 valence electrons. The van der Waals surface area contributed by atoms with Gasteiger partial charge < -0.3 is 65.1 Å². The summed E-state index contributed by atoms with van der Waals surface area (Å²) in [5.41, 5.74) is 0. The highest BCUT2D eigenvalue weighted by Crippen LogP contribution is 2.30. The molecular weight excluding hydrogens is 871 g/mol. The van der Waals surface area contributed by atoms with Gasteiger partial charge in [0.15, 0.2) is 12.6 Å². The van der Waals surface area contributed by atoms with E-state index in [1.807, 2.05) is 6.08 Å². The predicted molar refractivity (Wildman–Crippen MR) is 268 cm³/mol. The fourth-order valence-corrected chi connectivity index (χ4v) is 9.13. The quantitative estimate of drug-likeness (QED) is 0.0208. The average Bonchev–Trinajstić information content (AvgIpc) is 3.34. The molecule has 12 atom stereocenters. The number of carbonyl (C=O) groups is 1. The number of nitrogens with one attached hydrogen (secondary N) is 1. The number of aliphatic hydroxyl groups excluding tert-OH is 8. The predicted octanol–water partition coefficient (Wildman–Crippen LogP) is 8.11. The van der Waals surface area contributed by atoms with Gasteiger partial charge in [0.1, 0.15) is 48.8 Å². The normalized spacial score (nSPS) is 26.5. The molecule has 0 radical (unpaired) electrons. The van der Waals surface area contributed by atoms with Crippen molar-refractivity contribution in [3.63, 3.8) is 0 Å². The average molecular weight is 972 g/mol. The molecular formula is C54H101NO13. The molecule has 0 aromatic rings. The van der Waals surface area contributed by atoms with E-state index < -0.39 is 86.8 Å². The van der Waals surface area contributed by atoms with Crippen molar-refractivity contribution in [2.24, 2.45) is 0 Å². The van der Waals surface area contributed by atoms with Crippen LogP contribution in [0.5, 0.6) is 0 Å². The van der Waals surface area contributed by atoms with Crippen molar-refractivity contribution in [3.8, 4) is 0 Å². The maximum absolute atomic E-state index is 13.1. The largest absolute Gasteiger partial charge is 0.394 e. The van der Waals surface area contributed by atoms with E-state index in [-0.39, 0.29) is 18.9 Å². The number of ether oxygens (including phenoxy) is 4. The van der Waals surface area contributed by atoms with Crippen molar-refractivity contribution >= 4 is 5.91 Å². The lowest BCUT2D eigenvalue weighted by Crippen LogP contribution is -2.65. The highest BCUT2D eigenvalue weighted by atomic mass is 16.7. The molecule has 2 fully saturated rings. The number of hydrogen-bond donors (Lipinski definition) is 9. The second-order valence-corrected chi connectivity index (χ2v) is 19.7. The molecule has 2 rings (SSSR count). The summed E-state index contributed by atoms with van der Waals surface area (Å²) < 4.78 is 22.6. The number of carbonyl (C=O) groups excluding carboxylic acids is 1. The second-order valence-electron chi connectivity index (χ2n) is 19.7. The van der Waals surface area contributed by atoms with Gasteiger partial charge in [-0.15, -0.1) is 0 Å². The fourth-order valence-electron chi connectivity index (χ4n) is 9.13. The lowest BCUT2D eigenvalue weighted by molar-refractivity contribution is -0.359. The number of aliphatic hydroxyl groups is 8. The molecule has 0 aliphatic carbocycles. The van der Waals surface area contributed by atoms with Crippen LogP contribution in [0.4, 0.5) is 0 Å². The molecule has 0 spiro atoms. The van der Waals surface area contributed by atoms with Crippen LogP contribution in [-0.2, 0) is 23.7 Å². The van der Waals surface area contributed by atoms with Gasteiger partial charge in [-0.1, -0.05) is 205 Å². The first-order valence-electron chi connectivity index (χ1n) is 27.6. The Kier molecular flexibility index (Phi) is 37.7. The Balaban J connectivity index is 1.73. The first kappa shape index (κ1) is 62.6. The minimum atomic E-state index is -1.79. The first-order valence-corrected chi connectivity index (χ1v) is 27.6. The summed E-state index contributed by atoms with van der Waals surface area (Å²) in [6, 6.07) is -0.925. The maximum atomic E-state index is 13.1. The van der Waals surface area contributed by atoms with Crippen LogP contribution in [0, 0.1) is 0 Å². The summed E-state index contributed by atoms with van der Waals surface area (Å²) in [4.78, 5) is 13.1. The molecule has 0 bridgehead atoms. The SMILES string of the molecule is CCCCCCCCCCCCCCCCCCCCCC/C=C/CC/C=C/C(O)C(COC1OC(CO)C(OC2OC(CO)C(O)C(O)C2O)C(O)C1O)NC(=O)CCCCCCCCCC. The van der Waals surface area contributed by atoms with Crippen molar-refractivity contribution < 1.29 is 64.6 Å². The summed E-state index contributed by atoms with van der Waals surface area (Å²) in [6.07, 6.45) is 29.8. The Labute approximate surface area is 411 Å². The van der Waals surface area contributed by atoms with Gasteiger partial charge in [-0.05, 0) is 32.1 Å². The van der Waals surface area contributed by atoms with Gasteiger partial charge in [0.25, 0.3) is 0 Å². The van der Waals surface area contributed by atoms with E-state index in [4.69, 9.17) is 18.9 Å². The molecule has 0 aromatic carbocycles. The molecule has 2 aliphatic rings. The molecule has 9 N–H and O–H groups in total. The van der Waals surface area contributed by atoms with Gasteiger partial charge >= 0.3 is 0 Å². The minimum absolute atomic E-state index is 0.253. The van der Waals surface area contributed by atoms with Crippen molar-refractivity contribution in [3.05, 3.63) is 24.3 Å². The lowest BCUT2D eigenvalue weighted by Gasteiger charge is -2.46. The Morgan fingerprint density at radius 1 is 0.515 bits per heavy atom. The summed E-state index contributed by atoms with van der Waals surface area (Å²) in [5, 5.41) is 86.6. The molecule has 12 unspecified atom stereocenters. The molecule has 68 heavy (non-hydrogen) atoms. The standard InChI is InChI=1S/C54H101NO13/c1-3-5-7-9-11-13-14-15-16-17-18-19-20-21-22-23-24-25-26-27-28-29-30-31-33-35-37-43(58)42(55-46(59)38-36-34-32-12-10-8-6-4-2)41-65-53-51(64)49(62)52(45(40-57)67-53)68-54-50(63)48(61)47(60)44(39-56)66-54/h29-30,35,37,42-45,47-54,56-58,60-64H,3-28,31-34,36,38-41H2,1-2H3,(H,55,59)/b30-29+,37-35+. The van der Waals surface area contributed by atoms with E-state index in [0.29, 0.717) is 12.8 Å².